The average Bonchev–Trinajstić information content (AvgIpc) is 2.47. The van der Waals surface area contributed by atoms with Crippen molar-refractivity contribution in [3.8, 4) is 0 Å². The van der Waals surface area contributed by atoms with Gasteiger partial charge in [0.15, 0.2) is 11.2 Å². The summed E-state index contributed by atoms with van der Waals surface area (Å²) in [5.41, 5.74) is -1.54. The topological polar surface area (TPSA) is 72.7 Å². The van der Waals surface area contributed by atoms with E-state index in [1.54, 1.807) is 13.8 Å². The lowest BCUT2D eigenvalue weighted by atomic mass is 10.4. The van der Waals surface area contributed by atoms with E-state index in [1.165, 1.54) is 4.57 Å². The van der Waals surface area contributed by atoms with Crippen LogP contribution < -0.4 is 11.2 Å². The van der Waals surface area contributed by atoms with Crippen LogP contribution in [0.2, 0.25) is 0 Å². The number of rotatable bonds is 1. The molecule has 0 atom stereocenters. The molecule has 0 aromatic carbocycles. The molecule has 1 N–H and O–H groups in total. The van der Waals surface area contributed by atoms with Gasteiger partial charge in [-0.2, -0.15) is 4.79 Å². The number of aromatic nitrogens is 4. The molecule has 0 fully saturated rings. The molecule has 0 amide bonds. The fraction of sp³-hybridized carbons (Fsp3) is 0.375. The Kier molecular flexibility index (Phi) is 1.95. The van der Waals surface area contributed by atoms with Crippen LogP contribution in [0.5, 0.6) is 0 Å². The van der Waals surface area contributed by atoms with E-state index in [0.717, 1.165) is 6.33 Å². The van der Waals surface area contributed by atoms with Gasteiger partial charge in [0.2, 0.25) is 0 Å². The van der Waals surface area contributed by atoms with E-state index in [9.17, 15) is 14.1 Å². The summed E-state index contributed by atoms with van der Waals surface area (Å²) in [6.07, 6.45) is 0.859. The summed E-state index contributed by atoms with van der Waals surface area (Å²) >= 11 is 0. The van der Waals surface area contributed by atoms with Gasteiger partial charge in [0.1, 0.15) is 6.33 Å². The van der Waals surface area contributed by atoms with Crippen LogP contribution in [0.15, 0.2) is 15.9 Å². The number of imidazole rings is 1. The van der Waals surface area contributed by atoms with Crippen LogP contribution >= 0.6 is 0 Å². The zero-order chi connectivity index (χ0) is 11.2. The van der Waals surface area contributed by atoms with E-state index in [-0.39, 0.29) is 22.0 Å². The number of aromatic amines is 1. The molecule has 6 nitrogen and oxygen atoms in total. The number of hydrogen-bond acceptors (Lipinski definition) is 3. The molecule has 0 saturated heterocycles. The lowest BCUT2D eigenvalue weighted by Crippen LogP contribution is -2.31. The Morgan fingerprint density at radius 3 is 2.73 bits per heavy atom. The van der Waals surface area contributed by atoms with Crippen LogP contribution in [0.3, 0.4) is 0 Å². The number of halogens is 1. The highest BCUT2D eigenvalue weighted by Gasteiger charge is 2.14. The van der Waals surface area contributed by atoms with Crippen LogP contribution in [0.25, 0.3) is 11.2 Å². The highest BCUT2D eigenvalue weighted by molar-refractivity contribution is 5.69. The Hall–Kier alpha value is -1.92. The standard InChI is InChI=1S/C8H9FN4O2/c1-4(2)13-6-5(12(9)3-10-6)7(14)11-8(13)15/h3-4H,1-2H3,(H,11,14,15). The summed E-state index contributed by atoms with van der Waals surface area (Å²) in [6.45, 7) is 3.49. The maximum Gasteiger partial charge on any atom is 0.330 e. The van der Waals surface area contributed by atoms with Crippen LogP contribution in [-0.4, -0.2) is 19.3 Å². The van der Waals surface area contributed by atoms with Crippen molar-refractivity contribution < 1.29 is 4.48 Å². The molecule has 0 aliphatic heterocycles. The largest absolute Gasteiger partial charge is 0.330 e. The first-order valence-corrected chi connectivity index (χ1v) is 4.40. The van der Waals surface area contributed by atoms with Gasteiger partial charge in [-0.05, 0) is 13.8 Å². The zero-order valence-corrected chi connectivity index (χ0v) is 8.19. The second-order valence-corrected chi connectivity index (χ2v) is 3.45. The zero-order valence-electron chi connectivity index (χ0n) is 8.19. The van der Waals surface area contributed by atoms with Crippen molar-refractivity contribution in [3.63, 3.8) is 0 Å². The Bertz CT molecular complexity index is 622. The third kappa shape index (κ3) is 1.27. The van der Waals surface area contributed by atoms with Gasteiger partial charge < -0.3 is 0 Å². The SMILES string of the molecule is CC(C)n1c(=O)[nH]c(=O)c2c1ncn2F. The number of nitrogens with zero attached hydrogens (tertiary/aromatic N) is 3. The highest BCUT2D eigenvalue weighted by Crippen LogP contribution is 2.09. The fourth-order valence-corrected chi connectivity index (χ4v) is 1.49. The first kappa shape index (κ1) is 9.63. The minimum absolute atomic E-state index is 0.0567. The van der Waals surface area contributed by atoms with Crippen molar-refractivity contribution in [2.45, 2.75) is 19.9 Å². The minimum atomic E-state index is -0.771. The molecule has 0 unspecified atom stereocenters. The molecule has 80 valence electrons. The van der Waals surface area contributed by atoms with Gasteiger partial charge in [0.25, 0.3) is 5.56 Å². The first-order valence-electron chi connectivity index (χ1n) is 4.40. The normalized spacial score (nSPS) is 11.5. The second-order valence-electron chi connectivity index (χ2n) is 3.45. The Morgan fingerprint density at radius 2 is 2.13 bits per heavy atom. The van der Waals surface area contributed by atoms with Crippen molar-refractivity contribution in [1.29, 1.82) is 0 Å². The molecular formula is C8H9FN4O2. The maximum absolute atomic E-state index is 13.1. The van der Waals surface area contributed by atoms with E-state index >= 15 is 0 Å². The van der Waals surface area contributed by atoms with Gasteiger partial charge in [-0.3, -0.25) is 14.3 Å². The fourth-order valence-electron chi connectivity index (χ4n) is 1.49. The Labute approximate surface area is 82.9 Å². The van der Waals surface area contributed by atoms with E-state index < -0.39 is 11.2 Å². The summed E-state index contributed by atoms with van der Waals surface area (Å²) in [5, 5.41) is 0. The summed E-state index contributed by atoms with van der Waals surface area (Å²) < 4.78 is 14.3. The molecule has 0 bridgehead atoms. The van der Waals surface area contributed by atoms with Crippen molar-refractivity contribution >= 4 is 11.2 Å². The third-order valence-electron chi connectivity index (χ3n) is 2.11. The lowest BCUT2D eigenvalue weighted by molar-refractivity contribution is 0.383. The monoisotopic (exact) mass is 212 g/mol. The first-order chi connectivity index (χ1) is 7.02. The van der Waals surface area contributed by atoms with Gasteiger partial charge in [0, 0.05) is 6.04 Å². The highest BCUT2D eigenvalue weighted by atomic mass is 19.2. The molecule has 2 heterocycles. The van der Waals surface area contributed by atoms with E-state index in [2.05, 4.69) is 4.98 Å². The molecule has 7 heteroatoms. The van der Waals surface area contributed by atoms with Crippen LogP contribution in [-0.2, 0) is 0 Å². The van der Waals surface area contributed by atoms with Crippen molar-refractivity contribution in [2.75, 3.05) is 0 Å². The summed E-state index contributed by atoms with van der Waals surface area (Å²) in [5.74, 6) is 0. The number of nitrogens with one attached hydrogen (secondary N) is 1. The van der Waals surface area contributed by atoms with Crippen LogP contribution in [0.4, 0.5) is 4.48 Å². The number of H-pyrrole nitrogens is 1. The van der Waals surface area contributed by atoms with E-state index in [1.807, 2.05) is 4.98 Å². The van der Waals surface area contributed by atoms with Gasteiger partial charge in [0.05, 0.1) is 0 Å². The van der Waals surface area contributed by atoms with Crippen molar-refractivity contribution in [1.82, 2.24) is 19.3 Å². The smallest absolute Gasteiger partial charge is 0.274 e. The maximum atomic E-state index is 13.1. The molecule has 0 saturated carbocycles. The van der Waals surface area contributed by atoms with Crippen LogP contribution in [0, 0.1) is 0 Å². The lowest BCUT2D eigenvalue weighted by Gasteiger charge is -2.08. The molecule has 15 heavy (non-hydrogen) atoms. The molecular weight excluding hydrogens is 203 g/mol. The van der Waals surface area contributed by atoms with Crippen molar-refractivity contribution in [2.24, 2.45) is 0 Å². The van der Waals surface area contributed by atoms with Gasteiger partial charge in [-0.25, -0.2) is 9.78 Å². The molecule has 2 aromatic rings. The number of hydrogen-bond donors (Lipinski definition) is 1. The van der Waals surface area contributed by atoms with E-state index in [4.69, 9.17) is 0 Å². The second kappa shape index (κ2) is 3.04. The van der Waals surface area contributed by atoms with Gasteiger partial charge >= 0.3 is 5.69 Å². The Morgan fingerprint density at radius 1 is 1.47 bits per heavy atom. The third-order valence-corrected chi connectivity index (χ3v) is 2.11. The molecule has 0 aliphatic rings. The minimum Gasteiger partial charge on any atom is -0.274 e. The van der Waals surface area contributed by atoms with Crippen molar-refractivity contribution in [3.05, 3.63) is 27.2 Å². The summed E-state index contributed by atoms with van der Waals surface area (Å²) in [4.78, 5) is 28.6. The van der Waals surface area contributed by atoms with Crippen LogP contribution in [0.1, 0.15) is 19.9 Å². The predicted octanol–water partition coefficient (Wildman–Crippen LogP) is 0.200. The van der Waals surface area contributed by atoms with Gasteiger partial charge in [-0.15, -0.1) is 0 Å². The summed E-state index contributed by atoms with van der Waals surface area (Å²) in [6, 6.07) is -0.202. The summed E-state index contributed by atoms with van der Waals surface area (Å²) in [7, 11) is 0. The average molecular weight is 212 g/mol. The molecule has 0 aliphatic carbocycles. The molecule has 0 radical (unpaired) electrons. The Balaban J connectivity index is 3.05. The molecule has 2 aromatic heterocycles. The molecule has 0 spiro atoms. The predicted molar refractivity (Wildman–Crippen MR) is 51.5 cm³/mol. The quantitative estimate of drug-likeness (QED) is 0.733. The van der Waals surface area contributed by atoms with E-state index in [0.29, 0.717) is 0 Å². The van der Waals surface area contributed by atoms with Gasteiger partial charge in [-0.1, -0.05) is 4.48 Å². The molecule has 2 rings (SSSR count). The number of fused-ring (bicyclic) bond motifs is 1.